The van der Waals surface area contributed by atoms with Gasteiger partial charge in [-0.1, -0.05) is 57.0 Å². The first kappa shape index (κ1) is 14.6. The first-order valence-corrected chi connectivity index (χ1v) is 7.70. The fourth-order valence-corrected chi connectivity index (χ4v) is 2.56. The van der Waals surface area contributed by atoms with Crippen LogP contribution < -0.4 is 5.43 Å². The summed E-state index contributed by atoms with van der Waals surface area (Å²) in [6.45, 7) is 1.88. The van der Waals surface area contributed by atoms with Gasteiger partial charge in [0, 0.05) is 5.57 Å². The average Bonchev–Trinajstić information content (AvgIpc) is 2.65. The van der Waals surface area contributed by atoms with E-state index >= 15 is 0 Å². The smallest absolute Gasteiger partial charge is 0.270 e. The molecule has 1 aliphatic rings. The molecule has 1 atom stereocenters. The van der Waals surface area contributed by atoms with Crippen molar-refractivity contribution in [2.45, 2.75) is 22.8 Å². The number of hydrogen-bond donors (Lipinski definition) is 2. The first-order valence-electron chi connectivity index (χ1n) is 5.87. The molecule has 1 amide bonds. The molecule has 2 N–H and O–H groups in total. The predicted octanol–water partition coefficient (Wildman–Crippen LogP) is 3.00. The Kier molecular flexibility index (Phi) is 4.32. The van der Waals surface area contributed by atoms with Gasteiger partial charge in [0.2, 0.25) is 5.72 Å². The fourth-order valence-electron chi connectivity index (χ4n) is 1.88. The Morgan fingerprint density at radius 3 is 2.53 bits per heavy atom. The fraction of sp³-hybridized carbons (Fsp3) is 0.308. The van der Waals surface area contributed by atoms with E-state index in [2.05, 4.69) is 37.3 Å². The minimum Gasteiger partial charge on any atom is -0.364 e. The van der Waals surface area contributed by atoms with E-state index in [1.165, 1.54) is 5.01 Å². The molecule has 0 bridgehead atoms. The number of nitrogens with one attached hydrogen (secondary N) is 1. The van der Waals surface area contributed by atoms with Crippen LogP contribution in [0.25, 0.3) is 0 Å². The number of hydrazine groups is 1. The monoisotopic (exact) mass is 388 g/mol. The van der Waals surface area contributed by atoms with Gasteiger partial charge in [-0.05, 0) is 24.6 Å². The molecule has 1 heterocycles. The van der Waals surface area contributed by atoms with Crippen LogP contribution in [0, 0.1) is 0 Å². The van der Waals surface area contributed by atoms with Crippen LogP contribution in [0.5, 0.6) is 0 Å². The molecule has 1 aromatic carbocycles. The van der Waals surface area contributed by atoms with Gasteiger partial charge in [0.1, 0.15) is 3.74 Å². The predicted molar refractivity (Wildman–Crippen MR) is 81.9 cm³/mol. The van der Waals surface area contributed by atoms with Crippen molar-refractivity contribution >= 4 is 43.5 Å². The Morgan fingerprint density at radius 1 is 1.37 bits per heavy atom. The van der Waals surface area contributed by atoms with Crippen molar-refractivity contribution in [2.75, 3.05) is 5.43 Å². The van der Waals surface area contributed by atoms with E-state index in [-0.39, 0.29) is 5.91 Å². The zero-order chi connectivity index (χ0) is 14.0. The van der Waals surface area contributed by atoms with Gasteiger partial charge in [-0.3, -0.25) is 10.2 Å². The largest absolute Gasteiger partial charge is 0.364 e. The van der Waals surface area contributed by atoms with Gasteiger partial charge in [-0.2, -0.15) is 0 Å². The van der Waals surface area contributed by atoms with Gasteiger partial charge in [0.15, 0.2) is 0 Å². The molecule has 4 nitrogen and oxygen atoms in total. The van der Waals surface area contributed by atoms with Gasteiger partial charge in [-0.15, -0.1) is 0 Å². The molecule has 0 fully saturated rings. The Balaban J connectivity index is 2.31. The van der Waals surface area contributed by atoms with E-state index in [1.54, 1.807) is 6.08 Å². The summed E-state index contributed by atoms with van der Waals surface area (Å²) in [6, 6.07) is 9.26. The molecule has 19 heavy (non-hydrogen) atoms. The number of rotatable bonds is 4. The lowest BCUT2D eigenvalue weighted by molar-refractivity contribution is -0.136. The van der Waals surface area contributed by atoms with Crippen LogP contribution in [0.15, 0.2) is 42.0 Å². The number of carbonyl (C=O) groups is 1. The van der Waals surface area contributed by atoms with E-state index < -0.39 is 9.46 Å². The lowest BCUT2D eigenvalue weighted by Gasteiger charge is -2.34. The number of para-hydroxylation sites is 1. The number of nitrogens with zero attached hydrogens (tertiary/aromatic N) is 1. The second-order valence-electron chi connectivity index (χ2n) is 4.23. The summed E-state index contributed by atoms with van der Waals surface area (Å²) in [6.07, 6.45) is 2.14. The molecule has 0 saturated carbocycles. The highest BCUT2D eigenvalue weighted by Crippen LogP contribution is 2.36. The highest BCUT2D eigenvalue weighted by Gasteiger charge is 2.47. The normalized spacial score (nSPS) is 22.9. The summed E-state index contributed by atoms with van der Waals surface area (Å²) in [5.41, 5.74) is 2.82. The maximum atomic E-state index is 12.3. The molecule has 1 aromatic rings. The quantitative estimate of drug-likeness (QED) is 0.778. The minimum atomic E-state index is -1.45. The number of carbonyl (C=O) groups excluding carboxylic acids is 1. The summed E-state index contributed by atoms with van der Waals surface area (Å²) in [4.78, 5) is 12.3. The highest BCUT2D eigenvalue weighted by molar-refractivity contribution is 9.24. The molecule has 0 aromatic heterocycles. The number of benzene rings is 1. The van der Waals surface area contributed by atoms with Crippen LogP contribution in [0.4, 0.5) is 5.69 Å². The van der Waals surface area contributed by atoms with Gasteiger partial charge in [-0.25, -0.2) is 5.01 Å². The lowest BCUT2D eigenvalue weighted by Crippen LogP contribution is -2.53. The van der Waals surface area contributed by atoms with E-state index in [0.29, 0.717) is 12.0 Å². The summed E-state index contributed by atoms with van der Waals surface area (Å²) < 4.78 is -0.475. The topological polar surface area (TPSA) is 52.6 Å². The number of alkyl halides is 2. The molecule has 0 radical (unpaired) electrons. The third-order valence-corrected chi connectivity index (χ3v) is 4.29. The van der Waals surface area contributed by atoms with Crippen LogP contribution in [0.3, 0.4) is 0 Å². The van der Waals surface area contributed by atoms with Crippen molar-refractivity contribution in [3.8, 4) is 0 Å². The third kappa shape index (κ3) is 2.70. The van der Waals surface area contributed by atoms with E-state index in [1.807, 2.05) is 37.3 Å². The van der Waals surface area contributed by atoms with Crippen molar-refractivity contribution in [2.24, 2.45) is 0 Å². The van der Waals surface area contributed by atoms with E-state index in [0.717, 1.165) is 5.69 Å². The van der Waals surface area contributed by atoms with E-state index in [9.17, 15) is 9.90 Å². The summed E-state index contributed by atoms with van der Waals surface area (Å²) in [7, 11) is 0. The van der Waals surface area contributed by atoms with Crippen LogP contribution in [0.1, 0.15) is 13.3 Å². The maximum absolute atomic E-state index is 12.3. The lowest BCUT2D eigenvalue weighted by atomic mass is 10.2. The molecule has 1 unspecified atom stereocenters. The van der Waals surface area contributed by atoms with E-state index in [4.69, 9.17) is 0 Å². The molecule has 1 aliphatic heterocycles. The Hall–Kier alpha value is -0.850. The summed E-state index contributed by atoms with van der Waals surface area (Å²) in [5.74, 6) is -0.224. The van der Waals surface area contributed by atoms with Crippen LogP contribution >= 0.6 is 31.9 Å². The maximum Gasteiger partial charge on any atom is 0.270 e. The SMILES string of the molecule is CCC1=CC(O)(C(Br)Br)N(Nc2ccccc2)C1=O. The number of halogens is 2. The molecular formula is C13H14Br2N2O2. The van der Waals surface area contributed by atoms with Crippen molar-refractivity contribution in [3.63, 3.8) is 0 Å². The molecule has 2 rings (SSSR count). The Morgan fingerprint density at radius 2 is 2.00 bits per heavy atom. The third-order valence-electron chi connectivity index (χ3n) is 2.94. The molecule has 0 saturated heterocycles. The van der Waals surface area contributed by atoms with Gasteiger partial charge < -0.3 is 5.11 Å². The zero-order valence-corrected chi connectivity index (χ0v) is 13.5. The van der Waals surface area contributed by atoms with Crippen molar-refractivity contribution in [3.05, 3.63) is 42.0 Å². The first-order chi connectivity index (χ1) is 8.99. The number of anilines is 1. The second kappa shape index (κ2) is 5.64. The Labute approximate surface area is 128 Å². The van der Waals surface area contributed by atoms with Crippen LogP contribution in [-0.4, -0.2) is 25.5 Å². The summed E-state index contributed by atoms with van der Waals surface area (Å²) >= 11 is 6.57. The van der Waals surface area contributed by atoms with Crippen LogP contribution in [-0.2, 0) is 4.79 Å². The van der Waals surface area contributed by atoms with Gasteiger partial charge >= 0.3 is 0 Å². The van der Waals surface area contributed by atoms with Gasteiger partial charge in [0.05, 0.1) is 5.69 Å². The molecule has 6 heteroatoms. The highest BCUT2D eigenvalue weighted by atomic mass is 79.9. The van der Waals surface area contributed by atoms with Gasteiger partial charge in [0.25, 0.3) is 5.91 Å². The Bertz CT molecular complexity index is 505. The number of aliphatic hydroxyl groups is 1. The average molecular weight is 390 g/mol. The molecule has 102 valence electrons. The second-order valence-corrected chi connectivity index (χ2v) is 7.29. The van der Waals surface area contributed by atoms with Crippen LogP contribution in [0.2, 0.25) is 0 Å². The minimum absolute atomic E-state index is 0.224. The molecule has 0 aliphatic carbocycles. The zero-order valence-electron chi connectivity index (χ0n) is 10.3. The number of amides is 1. The number of hydrogen-bond acceptors (Lipinski definition) is 3. The molecular weight excluding hydrogens is 376 g/mol. The summed E-state index contributed by atoms with van der Waals surface area (Å²) in [5, 5.41) is 11.9. The van der Waals surface area contributed by atoms with Crippen molar-refractivity contribution in [1.82, 2.24) is 5.01 Å². The van der Waals surface area contributed by atoms with Crippen molar-refractivity contribution < 1.29 is 9.90 Å². The van der Waals surface area contributed by atoms with Crippen molar-refractivity contribution in [1.29, 1.82) is 0 Å². The standard InChI is InChI=1S/C13H14Br2N2O2/c1-2-9-8-13(19,12(14)15)17(11(9)18)16-10-6-4-3-5-7-10/h3-8,12,16,19H,2H2,1H3. The molecule has 0 spiro atoms.